The highest BCUT2D eigenvalue weighted by molar-refractivity contribution is 7.89. The summed E-state index contributed by atoms with van der Waals surface area (Å²) in [5.41, 5.74) is 2.52. The molecule has 1 aliphatic rings. The highest BCUT2D eigenvalue weighted by Crippen LogP contribution is 2.15. The van der Waals surface area contributed by atoms with Gasteiger partial charge < -0.3 is 5.32 Å². The van der Waals surface area contributed by atoms with Crippen LogP contribution in [-0.2, 0) is 23.1 Å². The Morgan fingerprint density at radius 3 is 2.22 bits per heavy atom. The van der Waals surface area contributed by atoms with E-state index in [0.29, 0.717) is 12.4 Å². The number of aromatic nitrogens is 1. The second kappa shape index (κ2) is 9.30. The predicted octanol–water partition coefficient (Wildman–Crippen LogP) is 2.98. The van der Waals surface area contributed by atoms with Crippen LogP contribution in [0, 0.1) is 0 Å². The van der Waals surface area contributed by atoms with Crippen LogP contribution >= 0.6 is 0 Å². The minimum atomic E-state index is -3.45. The fourth-order valence-electron chi connectivity index (χ4n) is 3.27. The molecule has 1 saturated heterocycles. The number of rotatable bonds is 7. The Morgan fingerprint density at radius 2 is 1.63 bits per heavy atom. The van der Waals surface area contributed by atoms with E-state index in [9.17, 15) is 8.42 Å². The number of nitrogens with one attached hydrogen (secondary N) is 2. The maximum atomic E-state index is 11.7. The zero-order chi connectivity index (χ0) is 19.1. The third-order valence-electron chi connectivity index (χ3n) is 4.92. The molecule has 0 spiro atoms. The van der Waals surface area contributed by atoms with Crippen LogP contribution in [0.15, 0.2) is 47.5 Å². The van der Waals surface area contributed by atoms with E-state index in [1.54, 1.807) is 12.1 Å². The maximum absolute atomic E-state index is 11.7. The van der Waals surface area contributed by atoms with Crippen molar-refractivity contribution in [2.75, 3.05) is 25.5 Å². The highest BCUT2D eigenvalue weighted by atomic mass is 32.2. The van der Waals surface area contributed by atoms with Gasteiger partial charge in [0.2, 0.25) is 10.0 Å². The van der Waals surface area contributed by atoms with Crippen molar-refractivity contribution < 1.29 is 8.42 Å². The van der Waals surface area contributed by atoms with E-state index in [1.807, 2.05) is 0 Å². The Hall–Kier alpha value is -1.96. The summed E-state index contributed by atoms with van der Waals surface area (Å²) in [6, 6.07) is 11.9. The van der Waals surface area contributed by atoms with E-state index >= 15 is 0 Å². The lowest BCUT2D eigenvalue weighted by Crippen LogP contribution is -2.23. The summed E-state index contributed by atoms with van der Waals surface area (Å²) in [5.74, 6) is 0.652. The number of sulfonamides is 1. The summed E-state index contributed by atoms with van der Waals surface area (Å²) in [4.78, 5) is 6.88. The number of nitrogens with zero attached hydrogens (tertiary/aromatic N) is 2. The van der Waals surface area contributed by atoms with Crippen LogP contribution in [-0.4, -0.2) is 38.4 Å². The SMILES string of the molecule is CNS(=O)(=O)c1ccc(NCc2ccc(CN3CCCCCC3)cc2)nc1. The smallest absolute Gasteiger partial charge is 0.241 e. The van der Waals surface area contributed by atoms with Crippen LogP contribution in [0.1, 0.15) is 36.8 Å². The lowest BCUT2D eigenvalue weighted by molar-refractivity contribution is 0.277. The number of hydrogen-bond acceptors (Lipinski definition) is 5. The highest BCUT2D eigenvalue weighted by Gasteiger charge is 2.11. The van der Waals surface area contributed by atoms with Gasteiger partial charge in [0.05, 0.1) is 0 Å². The van der Waals surface area contributed by atoms with Crippen LogP contribution < -0.4 is 10.0 Å². The van der Waals surface area contributed by atoms with Gasteiger partial charge in [0.25, 0.3) is 0 Å². The predicted molar refractivity (Wildman–Crippen MR) is 108 cm³/mol. The molecule has 7 heteroatoms. The van der Waals surface area contributed by atoms with Crippen molar-refractivity contribution in [3.63, 3.8) is 0 Å². The largest absolute Gasteiger partial charge is 0.366 e. The van der Waals surface area contributed by atoms with Crippen molar-refractivity contribution in [3.8, 4) is 0 Å². The van der Waals surface area contributed by atoms with Crippen LogP contribution in [0.4, 0.5) is 5.82 Å². The van der Waals surface area contributed by atoms with E-state index in [2.05, 4.69) is 44.2 Å². The molecular weight excluding hydrogens is 360 g/mol. The summed E-state index contributed by atoms with van der Waals surface area (Å²) < 4.78 is 25.7. The van der Waals surface area contributed by atoms with Crippen LogP contribution in [0.3, 0.4) is 0 Å². The van der Waals surface area contributed by atoms with Crippen molar-refractivity contribution in [2.24, 2.45) is 0 Å². The molecule has 1 aromatic heterocycles. The van der Waals surface area contributed by atoms with Gasteiger partial charge in [0.1, 0.15) is 10.7 Å². The summed E-state index contributed by atoms with van der Waals surface area (Å²) in [6.45, 7) is 4.08. The van der Waals surface area contributed by atoms with E-state index in [-0.39, 0.29) is 4.90 Å². The first-order valence-electron chi connectivity index (χ1n) is 9.50. The molecule has 6 nitrogen and oxygen atoms in total. The zero-order valence-corrected chi connectivity index (χ0v) is 16.6. The van der Waals surface area contributed by atoms with Gasteiger partial charge in [-0.25, -0.2) is 18.1 Å². The first-order valence-corrected chi connectivity index (χ1v) is 11.0. The number of hydrogen-bond donors (Lipinski definition) is 2. The standard InChI is InChI=1S/C20H28N4O2S/c1-21-27(25,26)19-10-11-20(23-15-19)22-14-17-6-8-18(9-7-17)16-24-12-4-2-3-5-13-24/h6-11,15,21H,2-5,12-14,16H2,1H3,(H,22,23). The number of anilines is 1. The van der Waals surface area contributed by atoms with Gasteiger partial charge in [-0.15, -0.1) is 0 Å². The maximum Gasteiger partial charge on any atom is 0.241 e. The van der Waals surface area contributed by atoms with Gasteiger partial charge in [0.15, 0.2) is 0 Å². The topological polar surface area (TPSA) is 74.3 Å². The molecule has 0 aliphatic carbocycles. The fraction of sp³-hybridized carbons (Fsp3) is 0.450. The van der Waals surface area contributed by atoms with Gasteiger partial charge in [-0.3, -0.25) is 4.90 Å². The monoisotopic (exact) mass is 388 g/mol. The zero-order valence-electron chi connectivity index (χ0n) is 15.8. The minimum Gasteiger partial charge on any atom is -0.366 e. The molecule has 27 heavy (non-hydrogen) atoms. The Bertz CT molecular complexity index is 812. The molecule has 1 aliphatic heterocycles. The molecule has 0 amide bonds. The molecule has 2 N–H and O–H groups in total. The van der Waals surface area contributed by atoms with Gasteiger partial charge in [0, 0.05) is 19.3 Å². The lowest BCUT2D eigenvalue weighted by Gasteiger charge is -2.19. The van der Waals surface area contributed by atoms with Crippen molar-refractivity contribution >= 4 is 15.8 Å². The first-order chi connectivity index (χ1) is 13.1. The number of benzene rings is 1. The summed E-state index contributed by atoms with van der Waals surface area (Å²) in [5, 5.41) is 3.23. The summed E-state index contributed by atoms with van der Waals surface area (Å²) in [6.07, 6.45) is 6.69. The summed E-state index contributed by atoms with van der Waals surface area (Å²) >= 11 is 0. The number of pyridine rings is 1. The molecule has 2 aromatic rings. The third-order valence-corrected chi connectivity index (χ3v) is 6.32. The van der Waals surface area contributed by atoms with Crippen molar-refractivity contribution in [1.29, 1.82) is 0 Å². The van der Waals surface area contributed by atoms with E-state index in [0.717, 1.165) is 6.54 Å². The van der Waals surface area contributed by atoms with Gasteiger partial charge in [-0.1, -0.05) is 37.1 Å². The fourth-order valence-corrected chi connectivity index (χ4v) is 3.94. The molecule has 1 fully saturated rings. The molecule has 146 valence electrons. The van der Waals surface area contributed by atoms with Gasteiger partial charge >= 0.3 is 0 Å². The van der Waals surface area contributed by atoms with Gasteiger partial charge in [-0.05, 0) is 56.2 Å². The molecule has 3 rings (SSSR count). The second-order valence-electron chi connectivity index (χ2n) is 6.95. The van der Waals surface area contributed by atoms with Crippen molar-refractivity contribution in [3.05, 3.63) is 53.7 Å². The summed E-state index contributed by atoms with van der Waals surface area (Å²) in [7, 11) is -2.06. The Kier molecular flexibility index (Phi) is 6.82. The molecule has 1 aromatic carbocycles. The average Bonchev–Trinajstić information content (AvgIpc) is 2.96. The van der Waals surface area contributed by atoms with E-state index in [4.69, 9.17) is 0 Å². The Balaban J connectivity index is 1.52. The average molecular weight is 389 g/mol. The van der Waals surface area contributed by atoms with E-state index in [1.165, 1.54) is 63.1 Å². The third kappa shape index (κ3) is 5.76. The Labute approximate surface area is 162 Å². The quantitative estimate of drug-likeness (QED) is 0.763. The molecular formula is C20H28N4O2S. The van der Waals surface area contributed by atoms with Crippen molar-refractivity contribution in [2.45, 2.75) is 43.7 Å². The molecule has 0 saturated carbocycles. The number of likely N-dealkylation sites (tertiary alicyclic amines) is 1. The van der Waals surface area contributed by atoms with Crippen molar-refractivity contribution in [1.82, 2.24) is 14.6 Å². The van der Waals surface area contributed by atoms with Crippen LogP contribution in [0.25, 0.3) is 0 Å². The Morgan fingerprint density at radius 1 is 0.963 bits per heavy atom. The normalized spacial score (nSPS) is 16.0. The van der Waals surface area contributed by atoms with Crippen LogP contribution in [0.2, 0.25) is 0 Å². The van der Waals surface area contributed by atoms with Gasteiger partial charge in [-0.2, -0.15) is 0 Å². The van der Waals surface area contributed by atoms with E-state index < -0.39 is 10.0 Å². The molecule has 0 bridgehead atoms. The lowest BCUT2D eigenvalue weighted by atomic mass is 10.1. The second-order valence-corrected chi connectivity index (χ2v) is 8.83. The minimum absolute atomic E-state index is 0.161. The molecule has 0 radical (unpaired) electrons. The molecule has 2 heterocycles. The molecule has 0 unspecified atom stereocenters. The first kappa shape index (κ1) is 19.8. The molecule has 0 atom stereocenters. The van der Waals surface area contributed by atoms with Crippen LogP contribution in [0.5, 0.6) is 0 Å².